The van der Waals surface area contributed by atoms with Crippen LogP contribution in [0.5, 0.6) is 17.2 Å². The summed E-state index contributed by atoms with van der Waals surface area (Å²) in [5.41, 5.74) is 0.170. The van der Waals surface area contributed by atoms with E-state index in [0.717, 1.165) is 6.42 Å². The fourth-order valence-electron chi connectivity index (χ4n) is 1.58. The van der Waals surface area contributed by atoms with Crippen molar-refractivity contribution in [1.82, 2.24) is 0 Å². The molecule has 0 aromatic heterocycles. The van der Waals surface area contributed by atoms with E-state index in [0.29, 0.717) is 12.0 Å². The first-order chi connectivity index (χ1) is 7.52. The molecule has 1 aromatic carbocycles. The van der Waals surface area contributed by atoms with Gasteiger partial charge >= 0.3 is 5.97 Å². The Balaban J connectivity index is 3.48. The zero-order valence-corrected chi connectivity index (χ0v) is 9.15. The summed E-state index contributed by atoms with van der Waals surface area (Å²) in [6.07, 6.45) is 1.34. The molecule has 5 nitrogen and oxygen atoms in total. The Kier molecular flexibility index (Phi) is 3.60. The minimum absolute atomic E-state index is 0.102. The Bertz CT molecular complexity index is 411. The van der Waals surface area contributed by atoms with Crippen molar-refractivity contribution in [3.8, 4) is 17.2 Å². The molecule has 0 radical (unpaired) electrons. The fraction of sp³-hybridized carbons (Fsp3) is 0.364. The number of carboxylic acids is 1. The number of carboxylic acid groups (broad SMARTS) is 1. The number of phenols is 2. The van der Waals surface area contributed by atoms with E-state index >= 15 is 0 Å². The molecule has 1 rings (SSSR count). The molecule has 0 saturated carbocycles. The van der Waals surface area contributed by atoms with Crippen molar-refractivity contribution < 1.29 is 24.9 Å². The summed E-state index contributed by atoms with van der Waals surface area (Å²) in [5, 5.41) is 27.8. The molecule has 0 unspecified atom stereocenters. The second-order valence-electron chi connectivity index (χ2n) is 3.37. The molecule has 3 N–H and O–H groups in total. The van der Waals surface area contributed by atoms with Crippen molar-refractivity contribution in [2.45, 2.75) is 19.8 Å². The first kappa shape index (κ1) is 12.2. The van der Waals surface area contributed by atoms with Crippen molar-refractivity contribution in [2.24, 2.45) is 0 Å². The summed E-state index contributed by atoms with van der Waals surface area (Å²) in [7, 11) is 1.33. The van der Waals surface area contributed by atoms with E-state index in [1.807, 2.05) is 6.92 Å². The van der Waals surface area contributed by atoms with Crippen LogP contribution < -0.4 is 4.74 Å². The van der Waals surface area contributed by atoms with E-state index in [9.17, 15) is 15.0 Å². The van der Waals surface area contributed by atoms with E-state index in [1.54, 1.807) is 0 Å². The Morgan fingerprint density at radius 1 is 1.44 bits per heavy atom. The predicted molar refractivity (Wildman–Crippen MR) is 57.3 cm³/mol. The van der Waals surface area contributed by atoms with Gasteiger partial charge in [-0.05, 0) is 18.1 Å². The summed E-state index contributed by atoms with van der Waals surface area (Å²) in [6, 6.07) is 1.32. The Morgan fingerprint density at radius 3 is 2.50 bits per heavy atom. The number of rotatable bonds is 4. The van der Waals surface area contributed by atoms with Crippen molar-refractivity contribution in [3.05, 3.63) is 17.2 Å². The van der Waals surface area contributed by atoms with Crippen LogP contribution in [0, 0.1) is 0 Å². The molecule has 1 aromatic rings. The number of hydrogen-bond donors (Lipinski definition) is 3. The Labute approximate surface area is 92.9 Å². The molecule has 0 amide bonds. The number of hydrogen-bond acceptors (Lipinski definition) is 4. The minimum atomic E-state index is -1.33. The lowest BCUT2D eigenvalue weighted by molar-refractivity contribution is 0.0689. The Hall–Kier alpha value is -1.91. The largest absolute Gasteiger partial charge is 0.504 e. The predicted octanol–water partition coefficient (Wildman–Crippen LogP) is 1.76. The maximum atomic E-state index is 11.0. The first-order valence-corrected chi connectivity index (χ1v) is 4.88. The second kappa shape index (κ2) is 4.74. The third-order valence-corrected chi connectivity index (χ3v) is 2.25. The van der Waals surface area contributed by atoms with Gasteiger partial charge < -0.3 is 20.1 Å². The number of methoxy groups -OCH3 is 1. The summed E-state index contributed by atoms with van der Waals surface area (Å²) >= 11 is 0. The summed E-state index contributed by atoms with van der Waals surface area (Å²) in [5.74, 6) is -2.34. The molecule has 88 valence electrons. The van der Waals surface area contributed by atoms with Gasteiger partial charge in [-0.3, -0.25) is 0 Å². The molecule has 0 spiro atoms. The molecule has 0 atom stereocenters. The van der Waals surface area contributed by atoms with Crippen molar-refractivity contribution >= 4 is 5.97 Å². The number of aromatic carboxylic acids is 1. The highest BCUT2D eigenvalue weighted by Gasteiger charge is 2.23. The van der Waals surface area contributed by atoms with Crippen LogP contribution in [0.15, 0.2) is 6.07 Å². The number of benzene rings is 1. The first-order valence-electron chi connectivity index (χ1n) is 4.88. The highest BCUT2D eigenvalue weighted by Crippen LogP contribution is 2.39. The van der Waals surface area contributed by atoms with Crippen LogP contribution in [0.3, 0.4) is 0 Å². The van der Waals surface area contributed by atoms with Gasteiger partial charge in [-0.25, -0.2) is 4.79 Å². The molecule has 0 heterocycles. The third kappa shape index (κ3) is 2.03. The average molecular weight is 226 g/mol. The standard InChI is InChI=1S/C11H14O5/c1-3-4-6-5-7(12)9(13)8(11(14)15)10(6)16-2/h5,12-13H,3-4H2,1-2H3,(H,14,15). The van der Waals surface area contributed by atoms with Crippen molar-refractivity contribution in [3.63, 3.8) is 0 Å². The molecular formula is C11H14O5. The molecular weight excluding hydrogens is 212 g/mol. The summed E-state index contributed by atoms with van der Waals surface area (Å²) < 4.78 is 4.97. The highest BCUT2D eigenvalue weighted by atomic mass is 16.5. The van der Waals surface area contributed by atoms with Crippen LogP contribution in [0.4, 0.5) is 0 Å². The molecule has 0 saturated heterocycles. The van der Waals surface area contributed by atoms with Crippen LogP contribution in [-0.4, -0.2) is 28.4 Å². The van der Waals surface area contributed by atoms with E-state index in [-0.39, 0.29) is 5.75 Å². The van der Waals surface area contributed by atoms with Gasteiger partial charge in [-0.15, -0.1) is 0 Å². The lowest BCUT2D eigenvalue weighted by atomic mass is 10.0. The van der Waals surface area contributed by atoms with Crippen LogP contribution in [0.2, 0.25) is 0 Å². The van der Waals surface area contributed by atoms with E-state index in [4.69, 9.17) is 9.84 Å². The molecule has 0 aliphatic heterocycles. The molecule has 5 heteroatoms. The third-order valence-electron chi connectivity index (χ3n) is 2.25. The highest BCUT2D eigenvalue weighted by molar-refractivity contribution is 5.95. The van der Waals surface area contributed by atoms with Gasteiger partial charge in [0, 0.05) is 0 Å². The average Bonchev–Trinajstić information content (AvgIpc) is 2.22. The van der Waals surface area contributed by atoms with E-state index in [1.165, 1.54) is 13.2 Å². The maximum absolute atomic E-state index is 11.0. The molecule has 0 aliphatic carbocycles. The zero-order chi connectivity index (χ0) is 12.3. The van der Waals surface area contributed by atoms with Gasteiger partial charge in [0.1, 0.15) is 11.3 Å². The van der Waals surface area contributed by atoms with Gasteiger partial charge in [0.05, 0.1) is 7.11 Å². The van der Waals surface area contributed by atoms with Crippen LogP contribution in [-0.2, 0) is 6.42 Å². The SMILES string of the molecule is CCCc1cc(O)c(O)c(C(=O)O)c1OC. The summed E-state index contributed by atoms with van der Waals surface area (Å²) in [4.78, 5) is 11.0. The lowest BCUT2D eigenvalue weighted by Crippen LogP contribution is -2.04. The number of aromatic hydroxyl groups is 2. The van der Waals surface area contributed by atoms with Gasteiger partial charge in [-0.1, -0.05) is 13.3 Å². The van der Waals surface area contributed by atoms with Gasteiger partial charge in [-0.2, -0.15) is 0 Å². The lowest BCUT2D eigenvalue weighted by Gasteiger charge is -2.13. The normalized spacial score (nSPS) is 10.1. The van der Waals surface area contributed by atoms with E-state index < -0.39 is 23.0 Å². The van der Waals surface area contributed by atoms with Gasteiger partial charge in [0.2, 0.25) is 0 Å². The maximum Gasteiger partial charge on any atom is 0.343 e. The fourth-order valence-corrected chi connectivity index (χ4v) is 1.58. The number of aryl methyl sites for hydroxylation is 1. The van der Waals surface area contributed by atoms with Crippen LogP contribution in [0.25, 0.3) is 0 Å². The Morgan fingerprint density at radius 2 is 2.06 bits per heavy atom. The number of carbonyl (C=O) groups is 1. The van der Waals surface area contributed by atoms with Crippen molar-refractivity contribution in [2.75, 3.05) is 7.11 Å². The molecule has 0 aliphatic rings. The minimum Gasteiger partial charge on any atom is -0.504 e. The zero-order valence-electron chi connectivity index (χ0n) is 9.15. The van der Waals surface area contributed by atoms with Crippen LogP contribution >= 0.6 is 0 Å². The van der Waals surface area contributed by atoms with Crippen LogP contribution in [0.1, 0.15) is 29.3 Å². The van der Waals surface area contributed by atoms with Gasteiger partial charge in [0.15, 0.2) is 11.5 Å². The van der Waals surface area contributed by atoms with E-state index in [2.05, 4.69) is 0 Å². The molecule has 16 heavy (non-hydrogen) atoms. The molecule has 0 fully saturated rings. The number of phenolic OH excluding ortho intramolecular Hbond substituents is 1. The number of ether oxygens (including phenoxy) is 1. The summed E-state index contributed by atoms with van der Waals surface area (Å²) in [6.45, 7) is 1.92. The monoisotopic (exact) mass is 226 g/mol. The van der Waals surface area contributed by atoms with Gasteiger partial charge in [0.25, 0.3) is 0 Å². The topological polar surface area (TPSA) is 87.0 Å². The van der Waals surface area contributed by atoms with Crippen molar-refractivity contribution in [1.29, 1.82) is 0 Å². The second-order valence-corrected chi connectivity index (χ2v) is 3.37. The molecule has 0 bridgehead atoms. The quantitative estimate of drug-likeness (QED) is 0.681. The smallest absolute Gasteiger partial charge is 0.343 e.